The van der Waals surface area contributed by atoms with Gasteiger partial charge in [-0.2, -0.15) is 0 Å². The number of carbonyl (C=O) groups excluding carboxylic acids is 2. The molecule has 2 aromatic rings. The second-order valence-electron chi connectivity index (χ2n) is 7.13. The number of amides is 2. The molecule has 2 aliphatic heterocycles. The van der Waals surface area contributed by atoms with Crippen molar-refractivity contribution >= 4 is 23.4 Å². The van der Waals surface area contributed by atoms with E-state index in [4.69, 9.17) is 9.57 Å². The van der Waals surface area contributed by atoms with Crippen molar-refractivity contribution in [3.63, 3.8) is 0 Å². The summed E-state index contributed by atoms with van der Waals surface area (Å²) >= 11 is 0. The molecule has 166 valence electrons. The predicted octanol–water partition coefficient (Wildman–Crippen LogP) is -0.363. The summed E-state index contributed by atoms with van der Waals surface area (Å²) in [4.78, 5) is 33.2. The molecule has 0 unspecified atom stereocenters. The second kappa shape index (κ2) is 9.22. The van der Waals surface area contributed by atoms with Crippen LogP contribution in [0.5, 0.6) is 0 Å². The fraction of sp³-hybridized carbons (Fsp3) is 0.500. The van der Waals surface area contributed by atoms with Gasteiger partial charge in [0.05, 0.1) is 31.1 Å². The minimum absolute atomic E-state index is 0.0451. The van der Waals surface area contributed by atoms with Crippen molar-refractivity contribution in [2.24, 2.45) is 0 Å². The Morgan fingerprint density at radius 2 is 2.19 bits per heavy atom. The number of carbonyl (C=O) groups is 2. The first-order valence-corrected chi connectivity index (χ1v) is 9.86. The fourth-order valence-electron chi connectivity index (χ4n) is 3.54. The highest BCUT2D eigenvalue weighted by Crippen LogP contribution is 2.28. The number of cyclic esters (lactones) is 1. The van der Waals surface area contributed by atoms with Gasteiger partial charge in [0.15, 0.2) is 0 Å². The van der Waals surface area contributed by atoms with Gasteiger partial charge in [-0.1, -0.05) is 0 Å². The predicted molar refractivity (Wildman–Crippen MR) is 106 cm³/mol. The molecule has 0 saturated carbocycles. The monoisotopic (exact) mass is 434 g/mol. The number of nitrogens with zero attached hydrogens (tertiary/aromatic N) is 7. The number of ether oxygens (including phenoxy) is 1. The standard InChI is InChI=1S/C18H23FN8O4/c1-20-9-14-10-26(18(29)31-14)13-2-3-16(15(19)8-13)24-4-5-27(30-7-6-24)17(28)11-25-12-21-22-23-25/h2-3,8,12,14,20H,4-7,9-11H2,1H3/t14-/m0/s1. The summed E-state index contributed by atoms with van der Waals surface area (Å²) in [5.41, 5.74) is 0.815. The molecule has 0 aliphatic carbocycles. The molecule has 0 radical (unpaired) electrons. The quantitative estimate of drug-likeness (QED) is 0.650. The van der Waals surface area contributed by atoms with Crippen molar-refractivity contribution in [2.45, 2.75) is 12.6 Å². The molecular formula is C18H23FN8O4. The fourth-order valence-corrected chi connectivity index (χ4v) is 3.54. The molecule has 2 aliphatic rings. The molecule has 13 heteroatoms. The molecule has 1 atom stereocenters. The summed E-state index contributed by atoms with van der Waals surface area (Å²) in [7, 11) is 1.77. The van der Waals surface area contributed by atoms with Gasteiger partial charge >= 0.3 is 6.09 Å². The lowest BCUT2D eigenvalue weighted by molar-refractivity contribution is -0.182. The maximum absolute atomic E-state index is 14.9. The molecule has 0 bridgehead atoms. The van der Waals surface area contributed by atoms with Gasteiger partial charge in [-0.05, 0) is 35.7 Å². The van der Waals surface area contributed by atoms with E-state index >= 15 is 0 Å². The normalized spacial score (nSPS) is 19.5. The molecule has 1 aromatic heterocycles. The average Bonchev–Trinajstić information content (AvgIpc) is 3.31. The van der Waals surface area contributed by atoms with Crippen molar-refractivity contribution in [2.75, 3.05) is 56.2 Å². The largest absolute Gasteiger partial charge is 0.443 e. The molecule has 12 nitrogen and oxygen atoms in total. The number of benzene rings is 1. The number of hydroxylamine groups is 2. The van der Waals surface area contributed by atoms with E-state index in [0.717, 1.165) is 0 Å². The Labute approximate surface area is 177 Å². The zero-order valence-electron chi connectivity index (χ0n) is 17.0. The van der Waals surface area contributed by atoms with E-state index in [0.29, 0.717) is 37.6 Å². The third-order valence-electron chi connectivity index (χ3n) is 5.04. The first kappa shape index (κ1) is 20.9. The molecule has 1 N–H and O–H groups in total. The van der Waals surface area contributed by atoms with Crippen LogP contribution in [0.25, 0.3) is 0 Å². The van der Waals surface area contributed by atoms with Crippen LogP contribution in [-0.4, -0.2) is 89.8 Å². The van der Waals surface area contributed by atoms with Gasteiger partial charge in [-0.15, -0.1) is 5.10 Å². The topological polar surface area (TPSA) is 118 Å². The van der Waals surface area contributed by atoms with Crippen LogP contribution in [0.4, 0.5) is 20.6 Å². The van der Waals surface area contributed by atoms with Gasteiger partial charge in [0.25, 0.3) is 5.91 Å². The van der Waals surface area contributed by atoms with E-state index in [1.54, 1.807) is 24.1 Å². The van der Waals surface area contributed by atoms with Crippen LogP contribution in [0.2, 0.25) is 0 Å². The van der Waals surface area contributed by atoms with Crippen LogP contribution < -0.4 is 15.1 Å². The molecule has 2 fully saturated rings. The van der Waals surface area contributed by atoms with E-state index in [1.807, 2.05) is 0 Å². The van der Waals surface area contributed by atoms with Crippen LogP contribution in [-0.2, 0) is 20.9 Å². The summed E-state index contributed by atoms with van der Waals surface area (Å²) in [5, 5.41) is 14.8. The number of aromatic nitrogens is 4. The van der Waals surface area contributed by atoms with Gasteiger partial charge in [0.1, 0.15) is 24.8 Å². The van der Waals surface area contributed by atoms with Crippen LogP contribution in [0.1, 0.15) is 0 Å². The molecule has 2 amide bonds. The SMILES string of the molecule is CNC[C@H]1CN(c2ccc(N3CCON(C(=O)Cn4cnnn4)CC3)c(F)c2)C(=O)O1. The number of rotatable bonds is 6. The van der Waals surface area contributed by atoms with E-state index < -0.39 is 11.9 Å². The Hall–Kier alpha value is -3.32. The van der Waals surface area contributed by atoms with Crippen LogP contribution >= 0.6 is 0 Å². The number of halogens is 1. The zero-order valence-corrected chi connectivity index (χ0v) is 17.0. The number of anilines is 2. The molecule has 2 saturated heterocycles. The van der Waals surface area contributed by atoms with E-state index in [2.05, 4.69) is 20.8 Å². The molecule has 4 rings (SSSR count). The Morgan fingerprint density at radius 1 is 1.32 bits per heavy atom. The van der Waals surface area contributed by atoms with E-state index in [-0.39, 0.29) is 31.7 Å². The van der Waals surface area contributed by atoms with E-state index in [1.165, 1.54) is 27.0 Å². The Kier molecular flexibility index (Phi) is 6.23. The van der Waals surface area contributed by atoms with Crippen LogP contribution in [0, 0.1) is 5.82 Å². The van der Waals surface area contributed by atoms with Crippen molar-refractivity contribution in [3.05, 3.63) is 30.3 Å². The van der Waals surface area contributed by atoms with Crippen LogP contribution in [0.3, 0.4) is 0 Å². The van der Waals surface area contributed by atoms with Crippen molar-refractivity contribution in [1.82, 2.24) is 30.6 Å². The lowest BCUT2D eigenvalue weighted by Crippen LogP contribution is -2.36. The van der Waals surface area contributed by atoms with Crippen molar-refractivity contribution < 1.29 is 23.6 Å². The Bertz CT molecular complexity index is 927. The summed E-state index contributed by atoms with van der Waals surface area (Å²) in [6, 6.07) is 4.64. The number of hydrogen-bond acceptors (Lipinski definition) is 9. The summed E-state index contributed by atoms with van der Waals surface area (Å²) in [6.07, 6.45) is 0.572. The zero-order chi connectivity index (χ0) is 21.8. The third-order valence-corrected chi connectivity index (χ3v) is 5.04. The lowest BCUT2D eigenvalue weighted by Gasteiger charge is -2.24. The maximum atomic E-state index is 14.9. The van der Waals surface area contributed by atoms with Gasteiger partial charge in [-0.25, -0.2) is 18.9 Å². The first-order valence-electron chi connectivity index (χ1n) is 9.86. The highest BCUT2D eigenvalue weighted by Gasteiger charge is 2.32. The summed E-state index contributed by atoms with van der Waals surface area (Å²) < 4.78 is 21.5. The van der Waals surface area contributed by atoms with Gasteiger partial charge in [-0.3, -0.25) is 14.5 Å². The third kappa shape index (κ3) is 4.72. The first-order chi connectivity index (χ1) is 15.0. The average molecular weight is 434 g/mol. The van der Waals surface area contributed by atoms with Gasteiger partial charge in [0, 0.05) is 19.6 Å². The van der Waals surface area contributed by atoms with Crippen molar-refractivity contribution in [3.8, 4) is 0 Å². The maximum Gasteiger partial charge on any atom is 0.414 e. The number of hydrogen-bond donors (Lipinski definition) is 1. The minimum Gasteiger partial charge on any atom is -0.443 e. The molecule has 1 aromatic carbocycles. The molecule has 3 heterocycles. The molecule has 31 heavy (non-hydrogen) atoms. The van der Waals surface area contributed by atoms with Gasteiger partial charge < -0.3 is 15.0 Å². The highest BCUT2D eigenvalue weighted by molar-refractivity contribution is 5.90. The Balaban J connectivity index is 1.39. The number of tetrazole rings is 1. The smallest absolute Gasteiger partial charge is 0.414 e. The van der Waals surface area contributed by atoms with E-state index in [9.17, 15) is 14.0 Å². The van der Waals surface area contributed by atoms with Gasteiger partial charge in [0.2, 0.25) is 0 Å². The number of likely N-dealkylation sites (N-methyl/N-ethyl adjacent to an activating group) is 1. The highest BCUT2D eigenvalue weighted by atomic mass is 19.1. The van der Waals surface area contributed by atoms with Crippen LogP contribution in [0.15, 0.2) is 24.5 Å². The van der Waals surface area contributed by atoms with Crippen molar-refractivity contribution in [1.29, 1.82) is 0 Å². The summed E-state index contributed by atoms with van der Waals surface area (Å²) in [5.74, 6) is -0.760. The second-order valence-corrected chi connectivity index (χ2v) is 7.13. The molecule has 0 spiro atoms. The molecular weight excluding hydrogens is 411 g/mol. The minimum atomic E-state index is -0.493. The Morgan fingerprint density at radius 3 is 2.94 bits per heavy atom. The number of nitrogens with one attached hydrogen (secondary N) is 1. The lowest BCUT2D eigenvalue weighted by atomic mass is 10.2. The summed E-state index contributed by atoms with van der Waals surface area (Å²) in [6.45, 7) is 2.09.